The molecule has 1 saturated heterocycles. The Morgan fingerprint density at radius 1 is 1.30 bits per heavy atom. The van der Waals surface area contributed by atoms with Crippen LogP contribution in [0.2, 0.25) is 0 Å². The van der Waals surface area contributed by atoms with Crippen LogP contribution in [0.25, 0.3) is 0 Å². The van der Waals surface area contributed by atoms with Crippen molar-refractivity contribution in [3.63, 3.8) is 0 Å². The topological polar surface area (TPSA) is 104 Å². The van der Waals surface area contributed by atoms with Gasteiger partial charge in [0, 0.05) is 6.04 Å². The van der Waals surface area contributed by atoms with Gasteiger partial charge in [-0.05, 0) is 25.5 Å². The van der Waals surface area contributed by atoms with E-state index in [2.05, 4.69) is 16.0 Å². The van der Waals surface area contributed by atoms with Crippen LogP contribution < -0.4 is 16.0 Å². The predicted octanol–water partition coefficient (Wildman–Crippen LogP) is 0.639. The lowest BCUT2D eigenvalue weighted by molar-refractivity contribution is -0.117. The minimum atomic E-state index is -3.09. The van der Waals surface area contributed by atoms with Gasteiger partial charge < -0.3 is 16.0 Å². The number of sulfone groups is 1. The smallest absolute Gasteiger partial charge is 0.315 e. The monoisotopic (exact) mass is 343 g/mol. The van der Waals surface area contributed by atoms with Crippen molar-refractivity contribution >= 4 is 27.5 Å². The first-order valence-corrected chi connectivity index (χ1v) is 8.92. The van der Waals surface area contributed by atoms with Crippen LogP contribution in [-0.4, -0.2) is 43.9 Å². The van der Waals surface area contributed by atoms with E-state index in [-0.39, 0.29) is 17.2 Å². The summed E-state index contributed by atoms with van der Waals surface area (Å²) in [5, 5.41) is 7.28. The standard InChI is InChI=1S/C14H18FN3O4S/c1-9(13(19)18-12-5-3-2-4-11(12)15)16-14(20)17-10-6-7-23(21,22)8-10/h2-5,9-10H,6-8H2,1H3,(H,18,19)(H2,16,17,20)/t9-,10+/m0/s1. The van der Waals surface area contributed by atoms with Crippen LogP contribution in [0.15, 0.2) is 24.3 Å². The largest absolute Gasteiger partial charge is 0.334 e. The molecular formula is C14H18FN3O4S. The van der Waals surface area contributed by atoms with Gasteiger partial charge in [0.05, 0.1) is 17.2 Å². The normalized spacial score (nSPS) is 20.5. The lowest BCUT2D eigenvalue weighted by atomic mass is 10.2. The van der Waals surface area contributed by atoms with Gasteiger partial charge in [-0.1, -0.05) is 12.1 Å². The van der Waals surface area contributed by atoms with E-state index in [1.807, 2.05) is 0 Å². The van der Waals surface area contributed by atoms with Gasteiger partial charge in [0.1, 0.15) is 11.9 Å². The molecule has 0 spiro atoms. The average Bonchev–Trinajstić information content (AvgIpc) is 2.80. The van der Waals surface area contributed by atoms with Gasteiger partial charge in [0.25, 0.3) is 0 Å². The summed E-state index contributed by atoms with van der Waals surface area (Å²) in [6.07, 6.45) is 0.353. The Labute approximate surface area is 133 Å². The number of nitrogens with one attached hydrogen (secondary N) is 3. The van der Waals surface area contributed by atoms with Crippen molar-refractivity contribution in [1.29, 1.82) is 0 Å². The van der Waals surface area contributed by atoms with Gasteiger partial charge in [0.2, 0.25) is 5.91 Å². The molecule has 23 heavy (non-hydrogen) atoms. The van der Waals surface area contributed by atoms with Gasteiger partial charge in [-0.3, -0.25) is 4.79 Å². The zero-order chi connectivity index (χ0) is 17.0. The van der Waals surface area contributed by atoms with E-state index in [1.165, 1.54) is 25.1 Å². The number of benzene rings is 1. The van der Waals surface area contributed by atoms with Crippen molar-refractivity contribution in [2.45, 2.75) is 25.4 Å². The quantitative estimate of drug-likeness (QED) is 0.746. The maximum atomic E-state index is 13.4. The maximum Gasteiger partial charge on any atom is 0.315 e. The van der Waals surface area contributed by atoms with Crippen molar-refractivity contribution in [1.82, 2.24) is 10.6 Å². The highest BCUT2D eigenvalue weighted by Gasteiger charge is 2.29. The molecular weight excluding hydrogens is 325 g/mol. The second-order valence-corrected chi connectivity index (χ2v) is 7.64. The molecule has 2 rings (SSSR count). The number of hydrogen-bond donors (Lipinski definition) is 3. The van der Waals surface area contributed by atoms with E-state index in [0.29, 0.717) is 6.42 Å². The van der Waals surface area contributed by atoms with Gasteiger partial charge in [-0.25, -0.2) is 17.6 Å². The lowest BCUT2D eigenvalue weighted by Gasteiger charge is -2.17. The van der Waals surface area contributed by atoms with Crippen LogP contribution in [0.5, 0.6) is 0 Å². The summed E-state index contributed by atoms with van der Waals surface area (Å²) in [5.41, 5.74) is 0.0217. The molecule has 1 aromatic carbocycles. The van der Waals surface area contributed by atoms with E-state index in [9.17, 15) is 22.4 Å². The van der Waals surface area contributed by atoms with E-state index in [1.54, 1.807) is 6.07 Å². The van der Waals surface area contributed by atoms with Crippen LogP contribution in [0, 0.1) is 5.82 Å². The summed E-state index contributed by atoms with van der Waals surface area (Å²) in [7, 11) is -3.09. The SMILES string of the molecule is C[C@H](NC(=O)N[C@@H]1CCS(=O)(=O)C1)C(=O)Nc1ccccc1F. The number of anilines is 1. The molecule has 1 fully saturated rings. The summed E-state index contributed by atoms with van der Waals surface area (Å²) < 4.78 is 36.1. The number of para-hydroxylation sites is 1. The Morgan fingerprint density at radius 2 is 2.00 bits per heavy atom. The minimum absolute atomic E-state index is 0.0217. The van der Waals surface area contributed by atoms with Crippen LogP contribution in [0.3, 0.4) is 0 Å². The molecule has 1 aromatic rings. The first kappa shape index (κ1) is 17.2. The van der Waals surface area contributed by atoms with Gasteiger partial charge in [-0.2, -0.15) is 0 Å². The fourth-order valence-electron chi connectivity index (χ4n) is 2.20. The number of rotatable bonds is 4. The molecule has 1 aliphatic rings. The second kappa shape index (κ2) is 6.95. The molecule has 0 bridgehead atoms. The van der Waals surface area contributed by atoms with Crippen molar-refractivity contribution in [3.8, 4) is 0 Å². The highest BCUT2D eigenvalue weighted by atomic mass is 32.2. The Morgan fingerprint density at radius 3 is 2.61 bits per heavy atom. The Kier molecular flexibility index (Phi) is 5.19. The molecule has 7 nitrogen and oxygen atoms in total. The molecule has 1 heterocycles. The summed E-state index contributed by atoms with van der Waals surface area (Å²) in [5.74, 6) is -1.21. The number of amides is 3. The third-order valence-corrected chi connectivity index (χ3v) is 5.21. The molecule has 0 saturated carbocycles. The van der Waals surface area contributed by atoms with Gasteiger partial charge >= 0.3 is 6.03 Å². The fraction of sp³-hybridized carbons (Fsp3) is 0.429. The summed E-state index contributed by atoms with van der Waals surface area (Å²) >= 11 is 0. The highest BCUT2D eigenvalue weighted by Crippen LogP contribution is 2.13. The zero-order valence-corrected chi connectivity index (χ0v) is 13.3. The molecule has 0 aromatic heterocycles. The molecule has 3 amide bonds. The summed E-state index contributed by atoms with van der Waals surface area (Å²) in [4.78, 5) is 23.7. The third-order valence-electron chi connectivity index (χ3n) is 3.44. The highest BCUT2D eigenvalue weighted by molar-refractivity contribution is 7.91. The number of halogens is 1. The van der Waals surface area contributed by atoms with E-state index < -0.39 is 39.7 Å². The number of hydrogen-bond acceptors (Lipinski definition) is 4. The Bertz CT molecular complexity index is 708. The van der Waals surface area contributed by atoms with Crippen molar-refractivity contribution in [2.24, 2.45) is 0 Å². The Hall–Kier alpha value is -2.16. The first-order valence-electron chi connectivity index (χ1n) is 7.10. The third kappa shape index (κ3) is 4.92. The van der Waals surface area contributed by atoms with Crippen LogP contribution in [0.4, 0.5) is 14.9 Å². The first-order chi connectivity index (χ1) is 10.8. The molecule has 0 radical (unpaired) electrons. The molecule has 0 aliphatic carbocycles. The number of urea groups is 1. The summed E-state index contributed by atoms with van der Waals surface area (Å²) in [6, 6.07) is 3.68. The van der Waals surface area contributed by atoms with Gasteiger partial charge in [0.15, 0.2) is 9.84 Å². The Balaban J connectivity index is 1.84. The number of carbonyl (C=O) groups excluding carboxylic acids is 2. The zero-order valence-electron chi connectivity index (χ0n) is 12.5. The maximum absolute atomic E-state index is 13.4. The second-order valence-electron chi connectivity index (χ2n) is 5.41. The fourth-order valence-corrected chi connectivity index (χ4v) is 3.88. The van der Waals surface area contributed by atoms with E-state index in [4.69, 9.17) is 0 Å². The molecule has 1 aliphatic heterocycles. The van der Waals surface area contributed by atoms with E-state index in [0.717, 1.165) is 0 Å². The average molecular weight is 343 g/mol. The van der Waals surface area contributed by atoms with Gasteiger partial charge in [-0.15, -0.1) is 0 Å². The van der Waals surface area contributed by atoms with Crippen LogP contribution in [0.1, 0.15) is 13.3 Å². The van der Waals surface area contributed by atoms with E-state index >= 15 is 0 Å². The molecule has 126 valence electrons. The lowest BCUT2D eigenvalue weighted by Crippen LogP contribution is -2.49. The van der Waals surface area contributed by atoms with Crippen LogP contribution in [-0.2, 0) is 14.6 Å². The van der Waals surface area contributed by atoms with Crippen molar-refractivity contribution < 1.29 is 22.4 Å². The number of carbonyl (C=O) groups is 2. The molecule has 2 atom stereocenters. The summed E-state index contributed by atoms with van der Waals surface area (Å²) in [6.45, 7) is 1.45. The predicted molar refractivity (Wildman–Crippen MR) is 83.2 cm³/mol. The van der Waals surface area contributed by atoms with Crippen molar-refractivity contribution in [3.05, 3.63) is 30.1 Å². The van der Waals surface area contributed by atoms with Crippen LogP contribution >= 0.6 is 0 Å². The molecule has 3 N–H and O–H groups in total. The van der Waals surface area contributed by atoms with Crippen molar-refractivity contribution in [2.75, 3.05) is 16.8 Å². The minimum Gasteiger partial charge on any atom is -0.334 e. The molecule has 0 unspecified atom stereocenters. The molecule has 9 heteroatoms.